The van der Waals surface area contributed by atoms with Crippen LogP contribution >= 0.6 is 0 Å². The predicted molar refractivity (Wildman–Crippen MR) is 91.2 cm³/mol. The van der Waals surface area contributed by atoms with Crippen LogP contribution in [0, 0.1) is 0 Å². The molecule has 2 aliphatic heterocycles. The van der Waals surface area contributed by atoms with Crippen LogP contribution in [0.1, 0.15) is 15.9 Å². The van der Waals surface area contributed by atoms with E-state index < -0.39 is 19.0 Å². The predicted octanol–water partition coefficient (Wildman–Crippen LogP) is -0.757. The van der Waals surface area contributed by atoms with E-state index >= 15 is 0 Å². The van der Waals surface area contributed by atoms with Crippen LogP contribution in [-0.2, 0) is 11.2 Å². The molecule has 0 spiro atoms. The van der Waals surface area contributed by atoms with Crippen LogP contribution in [0.4, 0.5) is 0 Å². The van der Waals surface area contributed by atoms with E-state index in [-0.39, 0.29) is 23.8 Å². The molecule has 1 aromatic rings. The molecule has 0 saturated carbocycles. The van der Waals surface area contributed by atoms with Gasteiger partial charge in [0.15, 0.2) is 0 Å². The van der Waals surface area contributed by atoms with Crippen molar-refractivity contribution in [3.8, 4) is 5.75 Å². The minimum absolute atomic E-state index is 0.00144. The molecule has 0 unspecified atom stereocenters. The fraction of sp³-hybridized carbons (Fsp3) is 0.375. The van der Waals surface area contributed by atoms with Gasteiger partial charge in [0.2, 0.25) is 5.91 Å². The highest BCUT2D eigenvalue weighted by molar-refractivity contribution is 6.47. The third-order valence-electron chi connectivity index (χ3n) is 4.37. The lowest BCUT2D eigenvalue weighted by atomic mass is 9.72. The van der Waals surface area contributed by atoms with E-state index in [9.17, 15) is 19.7 Å². The largest absolute Gasteiger partial charge is 0.547 e. The summed E-state index contributed by atoms with van der Waals surface area (Å²) in [6.07, 6.45) is 0.297. The van der Waals surface area contributed by atoms with E-state index in [0.29, 0.717) is 25.1 Å². The lowest BCUT2D eigenvalue weighted by Gasteiger charge is -2.32. The summed E-state index contributed by atoms with van der Waals surface area (Å²) in [5.41, 5.74) is 1.49. The Morgan fingerprint density at radius 3 is 3.00 bits per heavy atom. The molecule has 9 heteroatoms. The van der Waals surface area contributed by atoms with E-state index in [1.54, 1.807) is 12.1 Å². The molecule has 0 radical (unpaired) electrons. The first-order chi connectivity index (χ1) is 12.0. The van der Waals surface area contributed by atoms with Crippen molar-refractivity contribution < 1.29 is 24.4 Å². The monoisotopic (exact) mass is 345 g/mol. The Morgan fingerprint density at radius 1 is 1.48 bits per heavy atom. The molecule has 1 amide bonds. The molecule has 2 aliphatic rings. The first kappa shape index (κ1) is 17.3. The zero-order valence-electron chi connectivity index (χ0n) is 13.7. The summed E-state index contributed by atoms with van der Waals surface area (Å²) in [7, 11) is -1.30. The highest BCUT2D eigenvalue weighted by Crippen LogP contribution is 2.30. The number of carbonyl (C=O) groups excluding carboxylic acids is 1. The van der Waals surface area contributed by atoms with Gasteiger partial charge in [0.05, 0.1) is 18.0 Å². The SMILES string of the molecule is C=C1CNCCN1CC(=O)N[C@H]1Cc2cccc(C(=O)O)c2OB1O. The molecule has 3 rings (SSSR count). The summed E-state index contributed by atoms with van der Waals surface area (Å²) >= 11 is 0. The molecular weight excluding hydrogens is 325 g/mol. The molecule has 0 aromatic heterocycles. The molecule has 1 atom stereocenters. The second-order valence-corrected chi connectivity index (χ2v) is 6.15. The molecule has 1 fully saturated rings. The van der Waals surface area contributed by atoms with Crippen molar-refractivity contribution in [3.63, 3.8) is 0 Å². The number of piperazine rings is 1. The molecule has 25 heavy (non-hydrogen) atoms. The lowest BCUT2D eigenvalue weighted by Crippen LogP contribution is -2.55. The summed E-state index contributed by atoms with van der Waals surface area (Å²) in [6, 6.07) is 4.76. The number of aromatic carboxylic acids is 1. The molecule has 1 aromatic carbocycles. The summed E-state index contributed by atoms with van der Waals surface area (Å²) in [5.74, 6) is -1.85. The average molecular weight is 345 g/mol. The molecular formula is C16H20BN3O5. The number of para-hydroxylation sites is 1. The standard InChI is InChI=1S/C16H20BN3O5/c1-10-8-18-5-6-20(10)9-14(21)19-13-7-11-3-2-4-12(16(22)23)15(11)25-17(13)24/h2-4,13,18,24H,1,5-9H2,(H,19,21)(H,22,23)/t13-/m0/s1. The Bertz CT molecular complexity index is 711. The topological polar surface area (TPSA) is 111 Å². The van der Waals surface area contributed by atoms with Crippen molar-refractivity contribution in [1.29, 1.82) is 0 Å². The maximum atomic E-state index is 12.3. The summed E-state index contributed by atoms with van der Waals surface area (Å²) in [5, 5.41) is 25.3. The zero-order chi connectivity index (χ0) is 18.0. The van der Waals surface area contributed by atoms with Crippen molar-refractivity contribution in [2.75, 3.05) is 26.2 Å². The van der Waals surface area contributed by atoms with Gasteiger partial charge in [0, 0.05) is 25.3 Å². The maximum absolute atomic E-state index is 12.3. The number of carbonyl (C=O) groups is 2. The van der Waals surface area contributed by atoms with Crippen molar-refractivity contribution >= 4 is 19.0 Å². The zero-order valence-corrected chi connectivity index (χ0v) is 13.7. The van der Waals surface area contributed by atoms with Gasteiger partial charge in [-0.25, -0.2) is 4.79 Å². The molecule has 1 saturated heterocycles. The van der Waals surface area contributed by atoms with E-state index in [1.807, 2.05) is 4.90 Å². The van der Waals surface area contributed by atoms with Gasteiger partial charge in [0.1, 0.15) is 5.75 Å². The van der Waals surface area contributed by atoms with Gasteiger partial charge in [-0.2, -0.15) is 0 Å². The molecule has 4 N–H and O–H groups in total. The summed E-state index contributed by atoms with van der Waals surface area (Å²) in [4.78, 5) is 25.4. The first-order valence-corrected chi connectivity index (χ1v) is 8.08. The second kappa shape index (κ2) is 7.16. The number of nitrogens with zero attached hydrogens (tertiary/aromatic N) is 1. The Kier molecular flexibility index (Phi) is 4.96. The van der Waals surface area contributed by atoms with Crippen LogP contribution in [0.25, 0.3) is 0 Å². The Morgan fingerprint density at radius 2 is 2.28 bits per heavy atom. The number of fused-ring (bicyclic) bond motifs is 1. The van der Waals surface area contributed by atoms with Gasteiger partial charge in [-0.15, -0.1) is 0 Å². The van der Waals surface area contributed by atoms with Gasteiger partial charge < -0.3 is 30.3 Å². The molecule has 132 valence electrons. The fourth-order valence-corrected chi connectivity index (χ4v) is 3.05. The highest BCUT2D eigenvalue weighted by Gasteiger charge is 2.37. The van der Waals surface area contributed by atoms with Gasteiger partial charge in [-0.05, 0) is 18.1 Å². The molecule has 0 bridgehead atoms. The van der Waals surface area contributed by atoms with Gasteiger partial charge in [-0.3, -0.25) is 4.79 Å². The molecule has 0 aliphatic carbocycles. The van der Waals surface area contributed by atoms with Crippen LogP contribution in [0.2, 0.25) is 0 Å². The number of carboxylic acid groups (broad SMARTS) is 1. The van der Waals surface area contributed by atoms with Crippen molar-refractivity contribution in [2.24, 2.45) is 0 Å². The van der Waals surface area contributed by atoms with Crippen LogP contribution in [0.3, 0.4) is 0 Å². The van der Waals surface area contributed by atoms with Gasteiger partial charge >= 0.3 is 13.1 Å². The van der Waals surface area contributed by atoms with Crippen LogP contribution in [-0.4, -0.2) is 66.1 Å². The van der Waals surface area contributed by atoms with Crippen molar-refractivity contribution in [1.82, 2.24) is 15.5 Å². The number of rotatable bonds is 4. The summed E-state index contributed by atoms with van der Waals surface area (Å²) in [6.45, 7) is 6.20. The minimum Gasteiger partial charge on any atom is -0.534 e. The Balaban J connectivity index is 1.66. The third kappa shape index (κ3) is 3.77. The minimum atomic E-state index is -1.30. The quantitative estimate of drug-likeness (QED) is 0.531. The molecule has 2 heterocycles. The number of hydrogen-bond acceptors (Lipinski definition) is 6. The Hall–Kier alpha value is -2.52. The van der Waals surface area contributed by atoms with Crippen LogP contribution in [0.15, 0.2) is 30.5 Å². The first-order valence-electron chi connectivity index (χ1n) is 8.08. The second-order valence-electron chi connectivity index (χ2n) is 6.15. The smallest absolute Gasteiger partial charge is 0.534 e. The average Bonchev–Trinajstić information content (AvgIpc) is 2.57. The number of benzene rings is 1. The number of hydrogen-bond donors (Lipinski definition) is 4. The number of amides is 1. The summed E-state index contributed by atoms with van der Waals surface area (Å²) < 4.78 is 5.37. The Labute approximate surface area is 145 Å². The van der Waals surface area contributed by atoms with Gasteiger partial charge in [0.25, 0.3) is 0 Å². The van der Waals surface area contributed by atoms with Crippen molar-refractivity contribution in [3.05, 3.63) is 41.6 Å². The van der Waals surface area contributed by atoms with Crippen LogP contribution in [0.5, 0.6) is 5.75 Å². The number of carboxylic acids is 1. The van der Waals surface area contributed by atoms with E-state index in [2.05, 4.69) is 17.2 Å². The normalized spacial score (nSPS) is 19.9. The van der Waals surface area contributed by atoms with Gasteiger partial charge in [-0.1, -0.05) is 18.7 Å². The van der Waals surface area contributed by atoms with Crippen LogP contribution < -0.4 is 15.3 Å². The molecule has 8 nitrogen and oxygen atoms in total. The van der Waals surface area contributed by atoms with Crippen molar-refractivity contribution in [2.45, 2.75) is 12.4 Å². The fourth-order valence-electron chi connectivity index (χ4n) is 3.05. The third-order valence-corrected chi connectivity index (χ3v) is 4.37. The highest BCUT2D eigenvalue weighted by atomic mass is 16.5. The number of nitrogens with one attached hydrogen (secondary N) is 2. The lowest BCUT2D eigenvalue weighted by molar-refractivity contribution is -0.122. The van der Waals surface area contributed by atoms with E-state index in [4.69, 9.17) is 4.65 Å². The maximum Gasteiger partial charge on any atom is 0.547 e. The van der Waals surface area contributed by atoms with E-state index in [0.717, 1.165) is 12.2 Å². The van der Waals surface area contributed by atoms with E-state index in [1.165, 1.54) is 6.07 Å².